The monoisotopic (exact) mass is 391 g/mol. The van der Waals surface area contributed by atoms with Gasteiger partial charge in [0.25, 0.3) is 5.56 Å². The number of nitrogens with zero attached hydrogens (tertiary/aromatic N) is 3. The summed E-state index contributed by atoms with van der Waals surface area (Å²) in [4.78, 5) is 36.1. The molecule has 0 spiro atoms. The summed E-state index contributed by atoms with van der Waals surface area (Å²) >= 11 is 5.95. The van der Waals surface area contributed by atoms with Crippen molar-refractivity contribution in [2.75, 3.05) is 32.7 Å². The second-order valence-electron chi connectivity index (χ2n) is 7.10. The largest absolute Gasteiger partial charge is 0.353 e. The standard InChI is InChI=1S/C19H26ClN5O2/c1-3-13(2)21-18(26)12-25-8-6-24(7-9-25)11-17-22-16-5-4-14(20)10-15(16)19(27)23-17/h4-5,10,13H,3,6-9,11-12H2,1-2H3,(H,21,26)(H,22,23,27)/t13-/m1/s1. The van der Waals surface area contributed by atoms with Crippen molar-refractivity contribution < 1.29 is 4.79 Å². The highest BCUT2D eigenvalue weighted by Crippen LogP contribution is 2.15. The van der Waals surface area contributed by atoms with Crippen molar-refractivity contribution in [1.29, 1.82) is 0 Å². The van der Waals surface area contributed by atoms with E-state index in [0.717, 1.165) is 32.6 Å². The number of hydrogen-bond acceptors (Lipinski definition) is 5. The van der Waals surface area contributed by atoms with E-state index in [0.29, 0.717) is 34.8 Å². The number of piperazine rings is 1. The molecule has 0 radical (unpaired) electrons. The minimum atomic E-state index is -0.169. The van der Waals surface area contributed by atoms with Gasteiger partial charge in [0.15, 0.2) is 0 Å². The average Bonchev–Trinajstić information content (AvgIpc) is 2.64. The van der Waals surface area contributed by atoms with E-state index in [1.165, 1.54) is 0 Å². The van der Waals surface area contributed by atoms with Crippen LogP contribution in [0, 0.1) is 0 Å². The Morgan fingerprint density at radius 3 is 2.70 bits per heavy atom. The fourth-order valence-corrected chi connectivity index (χ4v) is 3.35. The molecule has 1 fully saturated rings. The first-order valence-corrected chi connectivity index (χ1v) is 9.75. The Kier molecular flexibility index (Phi) is 6.46. The topological polar surface area (TPSA) is 81.3 Å². The van der Waals surface area contributed by atoms with E-state index in [4.69, 9.17) is 11.6 Å². The second-order valence-corrected chi connectivity index (χ2v) is 7.54. The Bertz CT molecular complexity index is 861. The number of amides is 1. The van der Waals surface area contributed by atoms with Crippen molar-refractivity contribution in [2.24, 2.45) is 0 Å². The molecule has 27 heavy (non-hydrogen) atoms. The number of carbonyl (C=O) groups is 1. The number of halogens is 1. The van der Waals surface area contributed by atoms with Crippen molar-refractivity contribution >= 4 is 28.4 Å². The second kappa shape index (κ2) is 8.82. The summed E-state index contributed by atoms with van der Waals surface area (Å²) in [6.07, 6.45) is 0.933. The normalized spacial score (nSPS) is 17.1. The summed E-state index contributed by atoms with van der Waals surface area (Å²) in [7, 11) is 0. The fourth-order valence-electron chi connectivity index (χ4n) is 3.18. The maximum Gasteiger partial charge on any atom is 0.258 e. The summed E-state index contributed by atoms with van der Waals surface area (Å²) in [6.45, 7) is 8.40. The zero-order valence-electron chi connectivity index (χ0n) is 15.8. The number of H-pyrrole nitrogens is 1. The lowest BCUT2D eigenvalue weighted by atomic mass is 10.2. The molecule has 1 aromatic heterocycles. The molecule has 0 bridgehead atoms. The molecule has 0 aliphatic carbocycles. The van der Waals surface area contributed by atoms with Crippen LogP contribution in [-0.4, -0.2) is 64.4 Å². The van der Waals surface area contributed by atoms with Crippen molar-refractivity contribution in [3.8, 4) is 0 Å². The zero-order valence-corrected chi connectivity index (χ0v) is 16.6. The molecule has 2 aromatic rings. The van der Waals surface area contributed by atoms with Crippen LogP contribution in [0.3, 0.4) is 0 Å². The highest BCUT2D eigenvalue weighted by Gasteiger charge is 2.20. The van der Waals surface area contributed by atoms with Gasteiger partial charge in [0.1, 0.15) is 5.82 Å². The van der Waals surface area contributed by atoms with Gasteiger partial charge >= 0.3 is 0 Å². The zero-order chi connectivity index (χ0) is 19.4. The van der Waals surface area contributed by atoms with E-state index >= 15 is 0 Å². The highest BCUT2D eigenvalue weighted by atomic mass is 35.5. The van der Waals surface area contributed by atoms with Gasteiger partial charge in [0.05, 0.1) is 24.0 Å². The van der Waals surface area contributed by atoms with Gasteiger partial charge in [-0.15, -0.1) is 0 Å². The average molecular weight is 392 g/mol. The highest BCUT2D eigenvalue weighted by molar-refractivity contribution is 6.31. The van der Waals surface area contributed by atoms with Gasteiger partial charge in [-0.1, -0.05) is 18.5 Å². The molecule has 3 rings (SSSR count). The Balaban J connectivity index is 1.55. The summed E-state index contributed by atoms with van der Waals surface area (Å²) in [6, 6.07) is 5.35. The minimum Gasteiger partial charge on any atom is -0.353 e. The smallest absolute Gasteiger partial charge is 0.258 e. The minimum absolute atomic E-state index is 0.0805. The molecule has 2 heterocycles. The van der Waals surface area contributed by atoms with Crippen molar-refractivity contribution in [3.05, 3.63) is 39.4 Å². The van der Waals surface area contributed by atoms with E-state index in [1.54, 1.807) is 18.2 Å². The lowest BCUT2D eigenvalue weighted by Crippen LogP contribution is -2.50. The quantitative estimate of drug-likeness (QED) is 0.781. The summed E-state index contributed by atoms with van der Waals surface area (Å²) < 4.78 is 0. The molecule has 2 N–H and O–H groups in total. The SMILES string of the molecule is CC[C@@H](C)NC(=O)CN1CCN(Cc2nc3ccc(Cl)cc3c(=O)[nH]2)CC1. The van der Waals surface area contributed by atoms with Crippen LogP contribution >= 0.6 is 11.6 Å². The van der Waals surface area contributed by atoms with E-state index < -0.39 is 0 Å². The molecule has 146 valence electrons. The molecular weight excluding hydrogens is 366 g/mol. The Morgan fingerprint density at radius 1 is 1.30 bits per heavy atom. The van der Waals surface area contributed by atoms with Crippen LogP contribution in [0.2, 0.25) is 5.02 Å². The Morgan fingerprint density at radius 2 is 2.00 bits per heavy atom. The van der Waals surface area contributed by atoms with E-state index in [-0.39, 0.29) is 17.5 Å². The predicted octanol–water partition coefficient (Wildman–Crippen LogP) is 1.61. The molecule has 1 amide bonds. The third kappa shape index (κ3) is 5.28. The predicted molar refractivity (Wildman–Crippen MR) is 107 cm³/mol. The molecule has 1 aliphatic rings. The number of nitrogens with one attached hydrogen (secondary N) is 2. The van der Waals surface area contributed by atoms with Crippen LogP contribution in [0.15, 0.2) is 23.0 Å². The maximum atomic E-state index is 12.3. The molecule has 1 atom stereocenters. The molecule has 1 aromatic carbocycles. The van der Waals surface area contributed by atoms with Gasteiger partial charge in [-0.05, 0) is 31.5 Å². The first-order chi connectivity index (χ1) is 12.9. The number of hydrogen-bond donors (Lipinski definition) is 2. The number of benzene rings is 1. The van der Waals surface area contributed by atoms with E-state index in [2.05, 4.69) is 32.0 Å². The van der Waals surface area contributed by atoms with Crippen LogP contribution in [0.25, 0.3) is 10.9 Å². The van der Waals surface area contributed by atoms with Gasteiger partial charge in [-0.25, -0.2) is 4.98 Å². The summed E-state index contributed by atoms with van der Waals surface area (Å²) in [5.41, 5.74) is 0.483. The van der Waals surface area contributed by atoms with Gasteiger partial charge in [-0.2, -0.15) is 0 Å². The van der Waals surface area contributed by atoms with Crippen LogP contribution in [0.5, 0.6) is 0 Å². The van der Waals surface area contributed by atoms with Crippen molar-refractivity contribution in [1.82, 2.24) is 25.1 Å². The molecule has 1 aliphatic heterocycles. The number of rotatable bonds is 6. The number of carbonyl (C=O) groups excluding carboxylic acids is 1. The van der Waals surface area contributed by atoms with Crippen LogP contribution in [-0.2, 0) is 11.3 Å². The first-order valence-electron chi connectivity index (χ1n) is 9.37. The Hall–Kier alpha value is -1.96. The van der Waals surface area contributed by atoms with Crippen LogP contribution in [0.1, 0.15) is 26.1 Å². The first kappa shape index (κ1) is 19.8. The maximum absolute atomic E-state index is 12.3. The molecule has 1 saturated heterocycles. The molecule has 7 nitrogen and oxygen atoms in total. The summed E-state index contributed by atoms with van der Waals surface area (Å²) in [5, 5.41) is 4.03. The fraction of sp³-hybridized carbons (Fsp3) is 0.526. The van der Waals surface area contributed by atoms with Gasteiger partial charge < -0.3 is 10.3 Å². The molecule has 0 saturated carbocycles. The van der Waals surface area contributed by atoms with Crippen LogP contribution in [0.4, 0.5) is 0 Å². The number of fused-ring (bicyclic) bond motifs is 1. The molecular formula is C19H26ClN5O2. The van der Waals surface area contributed by atoms with Gasteiger partial charge in [0, 0.05) is 37.2 Å². The summed E-state index contributed by atoms with van der Waals surface area (Å²) in [5.74, 6) is 0.731. The van der Waals surface area contributed by atoms with Crippen molar-refractivity contribution in [3.63, 3.8) is 0 Å². The van der Waals surface area contributed by atoms with E-state index in [9.17, 15) is 9.59 Å². The number of aromatic amines is 1. The van der Waals surface area contributed by atoms with Gasteiger partial charge in [-0.3, -0.25) is 19.4 Å². The molecule has 8 heteroatoms. The van der Waals surface area contributed by atoms with Crippen LogP contribution < -0.4 is 10.9 Å². The third-order valence-corrected chi connectivity index (χ3v) is 5.18. The molecule has 0 unspecified atom stereocenters. The van der Waals surface area contributed by atoms with E-state index in [1.807, 2.05) is 6.92 Å². The number of aromatic nitrogens is 2. The van der Waals surface area contributed by atoms with Crippen molar-refractivity contribution in [2.45, 2.75) is 32.9 Å². The van der Waals surface area contributed by atoms with Gasteiger partial charge in [0.2, 0.25) is 5.91 Å². The third-order valence-electron chi connectivity index (χ3n) is 4.94. The lowest BCUT2D eigenvalue weighted by Gasteiger charge is -2.34. The Labute approximate surface area is 163 Å². The lowest BCUT2D eigenvalue weighted by molar-refractivity contribution is -0.123.